The monoisotopic (exact) mass is 342 g/mol. The molecule has 2 aromatic carbocycles. The Balaban J connectivity index is 2.37. The van der Waals surface area contributed by atoms with Crippen molar-refractivity contribution in [3.05, 3.63) is 57.0 Å². The first-order valence-corrected chi connectivity index (χ1v) is 6.29. The number of nitrogens with one attached hydrogen (secondary N) is 1. The summed E-state index contributed by atoms with van der Waals surface area (Å²) >= 11 is 8.94. The van der Waals surface area contributed by atoms with Crippen molar-refractivity contribution >= 4 is 38.9 Å². The van der Waals surface area contributed by atoms with Crippen LogP contribution in [0.25, 0.3) is 0 Å². The van der Waals surface area contributed by atoms with E-state index >= 15 is 0 Å². The van der Waals surface area contributed by atoms with Gasteiger partial charge in [-0.2, -0.15) is 5.26 Å². The van der Waals surface area contributed by atoms with Crippen molar-refractivity contribution in [1.29, 1.82) is 5.26 Å². The highest BCUT2D eigenvalue weighted by atomic mass is 79.9. The number of nitriles is 1. The molecule has 0 amide bonds. The van der Waals surface area contributed by atoms with Crippen LogP contribution in [0.3, 0.4) is 0 Å². The van der Waals surface area contributed by atoms with E-state index < -0.39 is 11.6 Å². The van der Waals surface area contributed by atoms with Crippen LogP contribution >= 0.6 is 27.5 Å². The van der Waals surface area contributed by atoms with Crippen LogP contribution in [0.4, 0.5) is 20.2 Å². The van der Waals surface area contributed by atoms with Crippen molar-refractivity contribution in [2.75, 3.05) is 5.32 Å². The van der Waals surface area contributed by atoms with Crippen LogP contribution in [-0.2, 0) is 0 Å². The summed E-state index contributed by atoms with van der Waals surface area (Å²) in [6.45, 7) is 0. The molecule has 0 radical (unpaired) electrons. The largest absolute Gasteiger partial charge is 0.352 e. The van der Waals surface area contributed by atoms with E-state index in [1.165, 1.54) is 12.1 Å². The van der Waals surface area contributed by atoms with E-state index in [1.807, 2.05) is 6.07 Å². The molecule has 6 heteroatoms. The number of benzene rings is 2. The van der Waals surface area contributed by atoms with Crippen molar-refractivity contribution in [1.82, 2.24) is 0 Å². The third-order valence-corrected chi connectivity index (χ3v) is 3.30. The molecule has 0 bridgehead atoms. The highest BCUT2D eigenvalue weighted by molar-refractivity contribution is 9.10. The fourth-order valence-corrected chi connectivity index (χ4v) is 2.02. The van der Waals surface area contributed by atoms with Gasteiger partial charge in [0.2, 0.25) is 0 Å². The van der Waals surface area contributed by atoms with Crippen LogP contribution in [0, 0.1) is 23.0 Å². The van der Waals surface area contributed by atoms with E-state index in [4.69, 9.17) is 16.9 Å². The number of rotatable bonds is 2. The zero-order valence-electron chi connectivity index (χ0n) is 9.35. The van der Waals surface area contributed by atoms with Crippen LogP contribution in [0.1, 0.15) is 5.56 Å². The quantitative estimate of drug-likeness (QED) is 0.779. The fraction of sp³-hybridized carbons (Fsp3) is 0. The van der Waals surface area contributed by atoms with E-state index in [2.05, 4.69) is 21.2 Å². The Kier molecular flexibility index (Phi) is 4.03. The molecular formula is C13H6BrClF2N2. The van der Waals surface area contributed by atoms with Crippen LogP contribution in [0.5, 0.6) is 0 Å². The predicted octanol–water partition coefficient (Wildman–Crippen LogP) is 5.00. The Labute approximate surface area is 121 Å². The molecule has 0 aromatic heterocycles. The summed E-state index contributed by atoms with van der Waals surface area (Å²) < 4.78 is 26.8. The number of halogens is 4. The highest BCUT2D eigenvalue weighted by Gasteiger charge is 2.10. The fourth-order valence-electron chi connectivity index (χ4n) is 1.45. The highest BCUT2D eigenvalue weighted by Crippen LogP contribution is 2.30. The number of hydrogen-bond donors (Lipinski definition) is 1. The Hall–Kier alpha value is -1.64. The third kappa shape index (κ3) is 3.03. The summed E-state index contributed by atoms with van der Waals surface area (Å²) in [7, 11) is 0. The number of nitrogens with zero attached hydrogens (tertiary/aromatic N) is 1. The van der Waals surface area contributed by atoms with Gasteiger partial charge in [0.15, 0.2) is 0 Å². The minimum atomic E-state index is -0.735. The molecule has 0 saturated carbocycles. The summed E-state index contributed by atoms with van der Waals surface area (Å²) in [5.74, 6) is -1.42. The van der Waals surface area contributed by atoms with E-state index in [0.29, 0.717) is 11.3 Å². The summed E-state index contributed by atoms with van der Waals surface area (Å²) in [5, 5.41) is 11.7. The third-order valence-electron chi connectivity index (χ3n) is 2.38. The molecule has 0 unspecified atom stereocenters. The molecule has 2 rings (SSSR count). The first-order valence-electron chi connectivity index (χ1n) is 5.12. The lowest BCUT2D eigenvalue weighted by Gasteiger charge is -2.10. The van der Waals surface area contributed by atoms with Gasteiger partial charge in [-0.05, 0) is 40.2 Å². The average Bonchev–Trinajstić information content (AvgIpc) is 2.38. The minimum Gasteiger partial charge on any atom is -0.352 e. The summed E-state index contributed by atoms with van der Waals surface area (Å²) in [4.78, 5) is 0. The van der Waals surface area contributed by atoms with Gasteiger partial charge >= 0.3 is 0 Å². The molecule has 96 valence electrons. The van der Waals surface area contributed by atoms with Gasteiger partial charge in [-0.25, -0.2) is 8.78 Å². The Morgan fingerprint density at radius 2 is 1.84 bits per heavy atom. The van der Waals surface area contributed by atoms with Gasteiger partial charge in [0.25, 0.3) is 0 Å². The minimum absolute atomic E-state index is 0.0832. The molecular weight excluding hydrogens is 338 g/mol. The molecule has 2 nitrogen and oxygen atoms in total. The zero-order chi connectivity index (χ0) is 14.0. The SMILES string of the molecule is N#Cc1ccc(Nc2cc(Br)c(F)cc2F)c(Cl)c1. The van der Waals surface area contributed by atoms with Gasteiger partial charge in [-0.3, -0.25) is 0 Å². The molecule has 0 spiro atoms. The smallest absolute Gasteiger partial charge is 0.149 e. The molecule has 0 fully saturated rings. The average molecular weight is 344 g/mol. The van der Waals surface area contributed by atoms with E-state index in [9.17, 15) is 8.78 Å². The second-order valence-corrected chi connectivity index (χ2v) is 4.94. The van der Waals surface area contributed by atoms with Gasteiger partial charge in [0.1, 0.15) is 11.6 Å². The van der Waals surface area contributed by atoms with E-state index in [-0.39, 0.29) is 15.2 Å². The molecule has 19 heavy (non-hydrogen) atoms. The number of hydrogen-bond acceptors (Lipinski definition) is 2. The Morgan fingerprint density at radius 1 is 1.11 bits per heavy atom. The number of anilines is 2. The Bertz CT molecular complexity index is 683. The normalized spacial score (nSPS) is 10.1. The van der Waals surface area contributed by atoms with E-state index in [1.54, 1.807) is 12.1 Å². The second-order valence-electron chi connectivity index (χ2n) is 3.68. The maximum atomic E-state index is 13.6. The van der Waals surface area contributed by atoms with Gasteiger partial charge in [-0.1, -0.05) is 11.6 Å². The van der Waals surface area contributed by atoms with Crippen molar-refractivity contribution in [2.45, 2.75) is 0 Å². The summed E-state index contributed by atoms with van der Waals surface area (Å²) in [5.41, 5.74) is 0.911. The van der Waals surface area contributed by atoms with Crippen LogP contribution in [0.2, 0.25) is 5.02 Å². The Morgan fingerprint density at radius 3 is 2.47 bits per heavy atom. The van der Waals surface area contributed by atoms with Gasteiger partial charge < -0.3 is 5.32 Å². The van der Waals surface area contributed by atoms with Gasteiger partial charge in [0, 0.05) is 6.07 Å². The van der Waals surface area contributed by atoms with Gasteiger partial charge in [0.05, 0.1) is 32.5 Å². The standard InChI is InChI=1S/C13H6BrClF2N2/c14-8-4-13(11(17)5-10(8)16)19-12-2-1-7(6-18)3-9(12)15/h1-5,19H. The topological polar surface area (TPSA) is 35.8 Å². The second kappa shape index (κ2) is 5.55. The first-order chi connectivity index (χ1) is 9.01. The molecule has 0 heterocycles. The van der Waals surface area contributed by atoms with Crippen LogP contribution in [-0.4, -0.2) is 0 Å². The molecule has 1 N–H and O–H groups in total. The van der Waals surface area contributed by atoms with Crippen LogP contribution < -0.4 is 5.32 Å². The lowest BCUT2D eigenvalue weighted by atomic mass is 10.2. The molecule has 2 aromatic rings. The van der Waals surface area contributed by atoms with Crippen molar-refractivity contribution in [3.63, 3.8) is 0 Å². The molecule has 0 aliphatic carbocycles. The van der Waals surface area contributed by atoms with Crippen molar-refractivity contribution in [2.24, 2.45) is 0 Å². The summed E-state index contributed by atoms with van der Waals surface area (Å²) in [6.07, 6.45) is 0. The maximum Gasteiger partial charge on any atom is 0.149 e. The predicted molar refractivity (Wildman–Crippen MR) is 73.5 cm³/mol. The first kappa shape index (κ1) is 13.8. The lowest BCUT2D eigenvalue weighted by Crippen LogP contribution is -1.96. The van der Waals surface area contributed by atoms with Crippen molar-refractivity contribution < 1.29 is 8.78 Å². The van der Waals surface area contributed by atoms with Crippen molar-refractivity contribution in [3.8, 4) is 6.07 Å². The molecule has 0 aliphatic heterocycles. The maximum absolute atomic E-state index is 13.6. The zero-order valence-corrected chi connectivity index (χ0v) is 11.7. The van der Waals surface area contributed by atoms with Gasteiger partial charge in [-0.15, -0.1) is 0 Å². The summed E-state index contributed by atoms with van der Waals surface area (Å²) in [6, 6.07) is 8.55. The van der Waals surface area contributed by atoms with E-state index in [0.717, 1.165) is 6.07 Å². The molecule has 0 saturated heterocycles. The lowest BCUT2D eigenvalue weighted by molar-refractivity contribution is 0.581. The van der Waals surface area contributed by atoms with Crippen LogP contribution in [0.15, 0.2) is 34.8 Å². The molecule has 0 aliphatic rings. The molecule has 0 atom stereocenters.